The van der Waals surface area contributed by atoms with E-state index in [2.05, 4.69) is 124 Å². The van der Waals surface area contributed by atoms with Crippen LogP contribution in [0.2, 0.25) is 0 Å². The van der Waals surface area contributed by atoms with Crippen LogP contribution in [0.1, 0.15) is 31.9 Å². The fourth-order valence-electron chi connectivity index (χ4n) is 16.4. The number of hydrogen-bond donors (Lipinski definition) is 0. The molecule has 518 valence electrons. The zero-order chi connectivity index (χ0) is 74.2. The summed E-state index contributed by atoms with van der Waals surface area (Å²) in [5, 5.41) is 5.16. The molecule has 24 nitrogen and oxygen atoms in total. The van der Waals surface area contributed by atoms with Gasteiger partial charge in [-0.15, -0.1) is 18.3 Å². The van der Waals surface area contributed by atoms with E-state index in [1.54, 1.807) is 60.8 Å². The Morgan fingerprint density at radius 2 is 0.798 bits per heavy atom. The van der Waals surface area contributed by atoms with Gasteiger partial charge < -0.3 is 31.2 Å². The van der Waals surface area contributed by atoms with Crippen LogP contribution in [0.5, 0.6) is 0 Å². The van der Waals surface area contributed by atoms with Crippen LogP contribution in [-0.2, 0) is 46.7 Å². The molecular weight excluding hydrogens is 1390 g/mol. The lowest BCUT2D eigenvalue weighted by atomic mass is 10.2. The third-order valence-electron chi connectivity index (χ3n) is 21.1. The SMILES string of the molecule is Cn1c2ccncc2c2c1oc1[n+]2Cc2cccnc2-1.[2H]C([2H])([2H])n1c2ccncc2c2c1n(-c1ccccc1)c1[n+]2Cc2cccnc2-1.c1ccc(-n2c3ccncc3c3c2oc2[n+]3Cc3cccnc3-2)cc1.c1cnc2c(c1)C[n+]1c-2oc2oc3ccncc3c21.c1cnc2c(c1)C[n+]1c-2oc2sc3ccncc3c21. The molecule has 109 heavy (non-hydrogen) atoms. The van der Waals surface area contributed by atoms with E-state index in [-0.39, 0.29) is 0 Å². The Balaban J connectivity index is 0.0000000843. The predicted octanol–water partition coefficient (Wildman–Crippen LogP) is 13.8. The van der Waals surface area contributed by atoms with E-state index in [1.165, 1.54) is 31.5 Å². The summed E-state index contributed by atoms with van der Waals surface area (Å²) in [5.41, 5.74) is 23.6. The number of aryl methyl sites for hydroxylation is 2. The lowest BCUT2D eigenvalue weighted by Crippen LogP contribution is -2.31. The second-order valence-corrected chi connectivity index (χ2v) is 28.1. The molecule has 0 atom stereocenters. The molecule has 0 radical (unpaired) electrons. The first-order valence-corrected chi connectivity index (χ1v) is 36.2. The number of oxazole rings is 4. The first-order valence-electron chi connectivity index (χ1n) is 36.8. The summed E-state index contributed by atoms with van der Waals surface area (Å²) < 4.78 is 74.5. The first-order chi connectivity index (χ1) is 55.1. The zero-order valence-corrected chi connectivity index (χ0v) is 58.4. The number of imidazole rings is 1. The van der Waals surface area contributed by atoms with Gasteiger partial charge in [0.2, 0.25) is 5.52 Å². The second-order valence-electron chi connectivity index (χ2n) is 27.1. The van der Waals surface area contributed by atoms with E-state index in [1.807, 2.05) is 164 Å². The Bertz CT molecular complexity index is 7520. The third kappa shape index (κ3) is 8.94. The van der Waals surface area contributed by atoms with Gasteiger partial charge in [-0.25, -0.2) is 29.5 Å². The Kier molecular flexibility index (Phi) is 12.4. The average molecular weight is 1450 g/mol. The molecule has 0 N–H and O–H groups in total. The fourth-order valence-corrected chi connectivity index (χ4v) is 17.5. The Hall–Kier alpha value is -14.6. The molecule has 0 bridgehead atoms. The van der Waals surface area contributed by atoms with Gasteiger partial charge in [0, 0.05) is 133 Å². The third-order valence-corrected chi connectivity index (χ3v) is 22.2. The maximum Gasteiger partial charge on any atom is 0.404 e. The van der Waals surface area contributed by atoms with E-state index in [4.69, 9.17) is 26.2 Å². The van der Waals surface area contributed by atoms with Crippen LogP contribution in [0.4, 0.5) is 0 Å². The number of aromatic nitrogens is 19. The maximum atomic E-state index is 8.25. The largest absolute Gasteiger partial charge is 0.420 e. The van der Waals surface area contributed by atoms with Crippen LogP contribution in [0.3, 0.4) is 0 Å². The molecule has 20 aromatic heterocycles. The molecule has 0 aliphatic carbocycles. The van der Waals surface area contributed by atoms with E-state index >= 15 is 0 Å². The average Bonchev–Trinajstić information content (AvgIpc) is 1.53. The second kappa shape index (κ2) is 23.5. The summed E-state index contributed by atoms with van der Waals surface area (Å²) in [4.78, 5) is 44.6. The van der Waals surface area contributed by atoms with E-state index < -0.39 is 6.98 Å². The van der Waals surface area contributed by atoms with Crippen molar-refractivity contribution in [2.75, 3.05) is 0 Å². The fraction of sp³-hybridized carbons (Fsp3) is 0.0833. The number of nitrogens with zero attached hydrogens (tertiary/aromatic N) is 19. The van der Waals surface area contributed by atoms with Gasteiger partial charge in [0.05, 0.1) is 60.3 Å². The van der Waals surface area contributed by atoms with Crippen LogP contribution in [0, 0.1) is 0 Å². The zero-order valence-electron chi connectivity index (χ0n) is 60.6. The van der Waals surface area contributed by atoms with Gasteiger partial charge in [0.25, 0.3) is 38.5 Å². The van der Waals surface area contributed by atoms with Gasteiger partial charge in [-0.05, 0) is 103 Å². The van der Waals surface area contributed by atoms with Gasteiger partial charge in [0.1, 0.15) is 23.2 Å². The highest BCUT2D eigenvalue weighted by molar-refractivity contribution is 7.25. The molecule has 25 heteroatoms. The molecule has 22 aromatic rings. The maximum absolute atomic E-state index is 8.25. The lowest BCUT2D eigenvalue weighted by molar-refractivity contribution is -0.648. The number of benzene rings is 2. The normalized spacial score (nSPS) is 13.4. The molecule has 27 rings (SSSR count). The monoisotopic (exact) mass is 1450 g/mol. The minimum Gasteiger partial charge on any atom is -0.420 e. The summed E-state index contributed by atoms with van der Waals surface area (Å²) in [6.07, 6.45) is 27.1. The van der Waals surface area contributed by atoms with Gasteiger partial charge in [-0.3, -0.25) is 29.5 Å². The number of hydrogen-bond acceptors (Lipinski definition) is 16. The van der Waals surface area contributed by atoms with E-state index in [0.29, 0.717) is 23.5 Å². The van der Waals surface area contributed by atoms with Crippen LogP contribution in [-0.4, -0.2) is 68.1 Å². The van der Waals surface area contributed by atoms with Crippen LogP contribution in [0.15, 0.2) is 267 Å². The minimum atomic E-state index is -2.34. The molecule has 25 heterocycles. The minimum absolute atomic E-state index is 0.536. The van der Waals surface area contributed by atoms with Gasteiger partial charge in [-0.1, -0.05) is 53.8 Å². The van der Waals surface area contributed by atoms with Crippen molar-refractivity contribution >= 4 is 120 Å². The number of pyridine rings is 10. The molecule has 5 aliphatic heterocycles. The van der Waals surface area contributed by atoms with Crippen molar-refractivity contribution in [3.05, 3.63) is 272 Å². The number of rotatable bonds is 2. The van der Waals surface area contributed by atoms with Gasteiger partial charge in [-0.2, -0.15) is 4.57 Å². The number of furan rings is 1. The van der Waals surface area contributed by atoms with Crippen LogP contribution in [0.25, 0.3) is 178 Å². The molecule has 0 unspecified atom stereocenters. The summed E-state index contributed by atoms with van der Waals surface area (Å²) in [7, 11) is 2.02. The van der Waals surface area contributed by atoms with E-state index in [0.717, 1.165) is 188 Å². The highest BCUT2D eigenvalue weighted by atomic mass is 32.1. The summed E-state index contributed by atoms with van der Waals surface area (Å²) in [6.45, 7) is 1.46. The lowest BCUT2D eigenvalue weighted by Gasteiger charge is -2.03. The number of thiophene rings is 1. The molecule has 0 amide bonds. The number of fused-ring (bicyclic) bond motifs is 35. The topological polar surface area (TPSA) is 234 Å². The molecule has 0 saturated heterocycles. The van der Waals surface area contributed by atoms with Crippen molar-refractivity contribution in [3.63, 3.8) is 0 Å². The Morgan fingerprint density at radius 1 is 0.358 bits per heavy atom. The smallest absolute Gasteiger partial charge is 0.404 e. The summed E-state index contributed by atoms with van der Waals surface area (Å²) in [5.74, 6) is 4.70. The van der Waals surface area contributed by atoms with Crippen molar-refractivity contribution in [3.8, 4) is 69.2 Å². The van der Waals surface area contributed by atoms with Gasteiger partial charge >= 0.3 is 40.7 Å². The molecule has 5 aliphatic rings. The standard InChI is InChI=1S/C21H16N5.C20H13N4O.C15H11N4O.C14H8N3O2.C14H8N3OS/c1-24-17-9-11-22-12-16(17)19-21(24)26(15-7-3-2-4-8-15)20-18-14(13-25(19)20)6-5-10-23-18;1-2-6-14(7-3-1)24-16-8-10-21-11-15(16)18-20(24)25-19-17-13(12-23(18)19)5-4-9-22-17;1-18-11-4-6-16-7-10(11)13-15(18)20-14-12-9(8-19(13)14)3-2-5-17-12;1-2-8-7-17-12-9-6-15-5-3-10(9)18-14(12)19-13(17)11(8)16-4-1;1-2-8-7-17-12-9-6-15-5-3-10(9)19-14(12)18-13(17)11(8)16-4-1/h2-12H,13H2,1H3;1-11H,12H2;2-7H,8H2,1H3;2*1-6H,7H2/q5*+1/i1D3;;;;. The van der Waals surface area contributed by atoms with Crippen molar-refractivity contribution in [2.24, 2.45) is 14.0 Å². The van der Waals surface area contributed by atoms with Crippen molar-refractivity contribution < 1.29 is 49.0 Å². The summed E-state index contributed by atoms with van der Waals surface area (Å²) in [6, 6.07) is 50.0. The van der Waals surface area contributed by atoms with Crippen molar-refractivity contribution in [1.29, 1.82) is 0 Å². The highest BCUT2D eigenvalue weighted by Crippen LogP contribution is 2.42. The summed E-state index contributed by atoms with van der Waals surface area (Å²) >= 11 is 1.67. The first kappa shape index (κ1) is 57.8. The highest BCUT2D eigenvalue weighted by Gasteiger charge is 2.44. The molecule has 0 saturated carbocycles. The van der Waals surface area contributed by atoms with Gasteiger partial charge in [0.15, 0.2) is 54.6 Å². The quantitative estimate of drug-likeness (QED) is 0.146. The van der Waals surface area contributed by atoms with Crippen LogP contribution < -0.4 is 22.8 Å². The number of para-hydroxylation sites is 2. The van der Waals surface area contributed by atoms with E-state index in [9.17, 15) is 0 Å². The van der Waals surface area contributed by atoms with Crippen LogP contribution >= 0.6 is 11.3 Å². The Labute approximate surface area is 622 Å². The molecule has 0 spiro atoms. The molecule has 2 aromatic carbocycles. The van der Waals surface area contributed by atoms with Crippen molar-refractivity contribution in [1.82, 2.24) is 68.1 Å². The Morgan fingerprint density at radius 3 is 1.39 bits per heavy atom. The molecular formula is C84H56N19O5S+5. The predicted molar refractivity (Wildman–Crippen MR) is 405 cm³/mol. The molecule has 0 fully saturated rings. The van der Waals surface area contributed by atoms with Crippen molar-refractivity contribution in [2.45, 2.75) is 32.7 Å².